The summed E-state index contributed by atoms with van der Waals surface area (Å²) in [6.45, 7) is 0. The molecule has 2 aromatic carbocycles. The van der Waals surface area contributed by atoms with Gasteiger partial charge >= 0.3 is 0 Å². The molecule has 0 atom stereocenters. The molecule has 0 spiro atoms. The second-order valence-electron chi connectivity index (χ2n) is 5.35. The quantitative estimate of drug-likeness (QED) is 0.388. The Kier molecular flexibility index (Phi) is 4.97. The smallest absolute Gasteiger partial charge is 0.292 e. The minimum atomic E-state index is -0.499. The summed E-state index contributed by atoms with van der Waals surface area (Å²) in [7, 11) is 3.03. The number of aromatic nitrogens is 2. The van der Waals surface area contributed by atoms with E-state index in [0.29, 0.717) is 28.4 Å². The van der Waals surface area contributed by atoms with Crippen molar-refractivity contribution in [2.24, 2.45) is 10.2 Å². The number of nitrogens with one attached hydrogen (secondary N) is 2. The molecule has 0 aliphatic carbocycles. The molecule has 0 aliphatic heterocycles. The molecule has 2 N–H and O–H groups in total. The van der Waals surface area contributed by atoms with E-state index in [9.17, 15) is 14.9 Å². The number of nitro benzene ring substituents is 1. The highest BCUT2D eigenvalue weighted by atomic mass is 16.6. The highest BCUT2D eigenvalue weighted by molar-refractivity contribution is 5.72. The molecule has 0 amide bonds. The van der Waals surface area contributed by atoms with Gasteiger partial charge in [0.1, 0.15) is 0 Å². The maximum absolute atomic E-state index is 12.0. The highest BCUT2D eigenvalue weighted by Gasteiger charge is 2.13. The van der Waals surface area contributed by atoms with Gasteiger partial charge < -0.3 is 9.47 Å². The van der Waals surface area contributed by atoms with Crippen LogP contribution >= 0.6 is 0 Å². The molecule has 3 aromatic rings. The first-order chi connectivity index (χ1) is 13.0. The second-order valence-corrected chi connectivity index (χ2v) is 5.35. The molecule has 0 saturated heterocycles. The van der Waals surface area contributed by atoms with Crippen LogP contribution in [0.3, 0.4) is 0 Å². The number of nitrogens with zero attached hydrogens (tertiary/aromatic N) is 3. The van der Waals surface area contributed by atoms with E-state index in [1.54, 1.807) is 18.2 Å². The molecule has 0 aliphatic rings. The van der Waals surface area contributed by atoms with Crippen molar-refractivity contribution in [2.45, 2.75) is 0 Å². The van der Waals surface area contributed by atoms with E-state index >= 15 is 0 Å². The minimum absolute atomic E-state index is 0.0508. The second kappa shape index (κ2) is 7.52. The number of rotatable bonds is 6. The Morgan fingerprint density at radius 2 is 1.67 bits per heavy atom. The van der Waals surface area contributed by atoms with Crippen molar-refractivity contribution in [1.82, 2.24) is 10.2 Å². The molecule has 10 nitrogen and oxygen atoms in total. The Balaban J connectivity index is 1.94. The van der Waals surface area contributed by atoms with Crippen molar-refractivity contribution < 1.29 is 14.4 Å². The summed E-state index contributed by atoms with van der Waals surface area (Å²) in [5, 5.41) is 24.0. The van der Waals surface area contributed by atoms with E-state index in [0.717, 1.165) is 0 Å². The fraction of sp³-hybridized carbons (Fsp3) is 0.118. The Labute approximate surface area is 152 Å². The number of hydrogen-bond acceptors (Lipinski definition) is 7. The zero-order chi connectivity index (χ0) is 19.4. The van der Waals surface area contributed by atoms with E-state index in [4.69, 9.17) is 9.47 Å². The minimum Gasteiger partial charge on any atom is -0.493 e. The third-order valence-corrected chi connectivity index (χ3v) is 3.75. The topological polar surface area (TPSA) is 135 Å². The van der Waals surface area contributed by atoms with Crippen LogP contribution in [0.2, 0.25) is 0 Å². The van der Waals surface area contributed by atoms with E-state index in [1.165, 1.54) is 38.5 Å². The number of ether oxygens (including phenoxy) is 2. The van der Waals surface area contributed by atoms with E-state index in [1.807, 2.05) is 0 Å². The fourth-order valence-electron chi connectivity index (χ4n) is 2.40. The van der Waals surface area contributed by atoms with Gasteiger partial charge in [0.15, 0.2) is 17.2 Å². The van der Waals surface area contributed by atoms with Crippen LogP contribution in [0.25, 0.3) is 11.3 Å². The molecule has 138 valence electrons. The van der Waals surface area contributed by atoms with Crippen LogP contribution in [0.1, 0.15) is 0 Å². The summed E-state index contributed by atoms with van der Waals surface area (Å²) in [4.78, 5) is 22.3. The number of methoxy groups -OCH3 is 2. The van der Waals surface area contributed by atoms with Gasteiger partial charge in [0.05, 0.1) is 30.5 Å². The zero-order valence-corrected chi connectivity index (χ0v) is 14.4. The van der Waals surface area contributed by atoms with Crippen molar-refractivity contribution in [3.05, 3.63) is 62.9 Å². The lowest BCUT2D eigenvalue weighted by atomic mass is 10.1. The summed E-state index contributed by atoms with van der Waals surface area (Å²) in [6, 6.07) is 10.7. The molecule has 0 bridgehead atoms. The van der Waals surface area contributed by atoms with Gasteiger partial charge in [-0.3, -0.25) is 25.1 Å². The van der Waals surface area contributed by atoms with Crippen molar-refractivity contribution >= 4 is 17.1 Å². The van der Waals surface area contributed by atoms with E-state index in [-0.39, 0.29) is 11.4 Å². The van der Waals surface area contributed by atoms with Gasteiger partial charge in [-0.1, -0.05) is 0 Å². The number of nitro groups is 1. The SMILES string of the molecule is COc1ccc(N=Nc2c(-c3ccc([N+](=O)[O-])cc3)[nH][nH]c2=O)cc1OC. The van der Waals surface area contributed by atoms with E-state index in [2.05, 4.69) is 20.4 Å². The van der Waals surface area contributed by atoms with Gasteiger partial charge in [0, 0.05) is 23.8 Å². The number of benzene rings is 2. The predicted octanol–water partition coefficient (Wildman–Crippen LogP) is 3.71. The number of azo groups is 1. The number of non-ortho nitro benzene ring substituents is 1. The fourth-order valence-corrected chi connectivity index (χ4v) is 2.40. The summed E-state index contributed by atoms with van der Waals surface area (Å²) >= 11 is 0. The first kappa shape index (κ1) is 17.9. The molecular weight excluding hydrogens is 354 g/mol. The lowest BCUT2D eigenvalue weighted by molar-refractivity contribution is -0.384. The van der Waals surface area contributed by atoms with Crippen LogP contribution < -0.4 is 15.0 Å². The first-order valence-corrected chi connectivity index (χ1v) is 7.72. The summed E-state index contributed by atoms with van der Waals surface area (Å²) in [5.74, 6) is 1.02. The summed E-state index contributed by atoms with van der Waals surface area (Å²) < 4.78 is 10.4. The maximum atomic E-state index is 12.0. The van der Waals surface area contributed by atoms with Crippen LogP contribution in [0.4, 0.5) is 17.1 Å². The molecule has 0 unspecified atom stereocenters. The normalized spacial score (nSPS) is 10.9. The molecule has 1 heterocycles. The van der Waals surface area contributed by atoms with Gasteiger partial charge in [-0.2, -0.15) is 5.11 Å². The van der Waals surface area contributed by atoms with Crippen molar-refractivity contribution in [3.63, 3.8) is 0 Å². The van der Waals surface area contributed by atoms with Crippen molar-refractivity contribution in [2.75, 3.05) is 14.2 Å². The van der Waals surface area contributed by atoms with Crippen molar-refractivity contribution in [1.29, 1.82) is 0 Å². The third kappa shape index (κ3) is 3.68. The van der Waals surface area contributed by atoms with Crippen LogP contribution in [0.15, 0.2) is 57.5 Å². The Hall–Kier alpha value is -3.95. The van der Waals surface area contributed by atoms with Crippen LogP contribution in [0.5, 0.6) is 11.5 Å². The van der Waals surface area contributed by atoms with Crippen LogP contribution in [0, 0.1) is 10.1 Å². The Morgan fingerprint density at radius 1 is 0.963 bits per heavy atom. The summed E-state index contributed by atoms with van der Waals surface area (Å²) in [5.41, 5.74) is 0.929. The molecule has 27 heavy (non-hydrogen) atoms. The molecule has 3 rings (SSSR count). The monoisotopic (exact) mass is 369 g/mol. The molecule has 10 heteroatoms. The van der Waals surface area contributed by atoms with Gasteiger partial charge in [-0.15, -0.1) is 5.11 Å². The van der Waals surface area contributed by atoms with Gasteiger partial charge in [0.2, 0.25) is 0 Å². The third-order valence-electron chi connectivity index (χ3n) is 3.75. The average molecular weight is 369 g/mol. The molecule has 0 fully saturated rings. The Morgan fingerprint density at radius 3 is 2.30 bits per heavy atom. The van der Waals surface area contributed by atoms with Crippen LogP contribution in [-0.2, 0) is 0 Å². The van der Waals surface area contributed by atoms with E-state index < -0.39 is 10.5 Å². The zero-order valence-electron chi connectivity index (χ0n) is 14.4. The van der Waals surface area contributed by atoms with Crippen LogP contribution in [-0.4, -0.2) is 29.3 Å². The largest absolute Gasteiger partial charge is 0.493 e. The Bertz CT molecular complexity index is 1050. The van der Waals surface area contributed by atoms with Gasteiger partial charge in [-0.25, -0.2) is 0 Å². The van der Waals surface area contributed by atoms with Gasteiger partial charge in [0.25, 0.3) is 11.2 Å². The predicted molar refractivity (Wildman–Crippen MR) is 97.2 cm³/mol. The highest BCUT2D eigenvalue weighted by Crippen LogP contribution is 2.32. The molecule has 0 radical (unpaired) electrons. The standard InChI is InChI=1S/C17H15N5O5/c1-26-13-8-5-11(9-14(13)27-2)18-20-16-15(19-21-17(16)23)10-3-6-12(7-4-10)22(24)25/h3-9H,1-2H3,(H2,19,21,23). The molecule has 1 aromatic heterocycles. The number of H-pyrrole nitrogens is 2. The number of hydrogen-bond donors (Lipinski definition) is 2. The lowest BCUT2D eigenvalue weighted by Crippen LogP contribution is -1.96. The maximum Gasteiger partial charge on any atom is 0.292 e. The molecular formula is C17H15N5O5. The van der Waals surface area contributed by atoms with Gasteiger partial charge in [-0.05, 0) is 24.3 Å². The lowest BCUT2D eigenvalue weighted by Gasteiger charge is -2.06. The number of aromatic amines is 2. The first-order valence-electron chi connectivity index (χ1n) is 7.72. The van der Waals surface area contributed by atoms with Crippen molar-refractivity contribution in [3.8, 4) is 22.8 Å². The summed E-state index contributed by atoms with van der Waals surface area (Å²) in [6.07, 6.45) is 0. The molecule has 0 saturated carbocycles. The average Bonchev–Trinajstić information content (AvgIpc) is 3.06.